The van der Waals surface area contributed by atoms with E-state index in [1.54, 1.807) is 13.0 Å². The average molecular weight is 187 g/mol. The lowest BCUT2D eigenvalue weighted by Gasteiger charge is -2.13. The Morgan fingerprint density at radius 2 is 2.00 bits per heavy atom. The normalized spacial score (nSPS) is 14.9. The number of nitriles is 1. The standard InChI is InChI=1S/C12H13NO/c1-12(10-13,14-2)9-8-11-6-4-3-5-7-11/h3-9H,1-2H3. The van der Waals surface area contributed by atoms with Crippen molar-refractivity contribution in [3.63, 3.8) is 0 Å². The highest BCUT2D eigenvalue weighted by Gasteiger charge is 2.17. The number of hydrogen-bond donors (Lipinski definition) is 0. The smallest absolute Gasteiger partial charge is 0.169 e. The summed E-state index contributed by atoms with van der Waals surface area (Å²) in [5.41, 5.74) is 0.224. The van der Waals surface area contributed by atoms with Crippen molar-refractivity contribution in [3.8, 4) is 6.07 Å². The first kappa shape index (κ1) is 10.5. The van der Waals surface area contributed by atoms with E-state index in [-0.39, 0.29) is 0 Å². The van der Waals surface area contributed by atoms with Gasteiger partial charge in [0.15, 0.2) is 5.60 Å². The van der Waals surface area contributed by atoms with E-state index in [0.29, 0.717) is 0 Å². The molecule has 1 aromatic carbocycles. The molecule has 0 aliphatic heterocycles. The van der Waals surface area contributed by atoms with Crippen molar-refractivity contribution in [1.29, 1.82) is 5.26 Å². The van der Waals surface area contributed by atoms with Crippen LogP contribution in [0.25, 0.3) is 6.08 Å². The van der Waals surface area contributed by atoms with Crippen LogP contribution >= 0.6 is 0 Å². The molecule has 1 atom stereocenters. The summed E-state index contributed by atoms with van der Waals surface area (Å²) in [7, 11) is 1.53. The summed E-state index contributed by atoms with van der Waals surface area (Å²) in [5, 5.41) is 8.84. The Balaban J connectivity index is 2.79. The average Bonchev–Trinajstić information content (AvgIpc) is 2.27. The van der Waals surface area contributed by atoms with E-state index in [9.17, 15) is 0 Å². The van der Waals surface area contributed by atoms with E-state index in [1.165, 1.54) is 7.11 Å². The zero-order chi connectivity index (χ0) is 10.4. The maximum Gasteiger partial charge on any atom is 0.169 e. The summed E-state index contributed by atoms with van der Waals surface area (Å²) in [6.07, 6.45) is 3.63. The third-order valence-electron chi connectivity index (χ3n) is 2.04. The highest BCUT2D eigenvalue weighted by molar-refractivity contribution is 5.51. The lowest BCUT2D eigenvalue weighted by molar-refractivity contribution is 0.0978. The Morgan fingerprint density at radius 1 is 1.36 bits per heavy atom. The van der Waals surface area contributed by atoms with Crippen molar-refractivity contribution in [2.45, 2.75) is 12.5 Å². The zero-order valence-electron chi connectivity index (χ0n) is 8.40. The van der Waals surface area contributed by atoms with Gasteiger partial charge >= 0.3 is 0 Å². The van der Waals surface area contributed by atoms with Crippen LogP contribution in [0.2, 0.25) is 0 Å². The molecule has 1 unspecified atom stereocenters. The van der Waals surface area contributed by atoms with Gasteiger partial charge in [-0.25, -0.2) is 0 Å². The minimum absolute atomic E-state index is 0.837. The molecule has 1 rings (SSSR count). The monoisotopic (exact) mass is 187 g/mol. The summed E-state index contributed by atoms with van der Waals surface area (Å²) in [6, 6.07) is 11.9. The van der Waals surface area contributed by atoms with Crippen LogP contribution in [-0.4, -0.2) is 12.7 Å². The lowest BCUT2D eigenvalue weighted by atomic mass is 10.1. The highest BCUT2D eigenvalue weighted by Crippen LogP contribution is 2.12. The van der Waals surface area contributed by atoms with Crippen LogP contribution < -0.4 is 0 Å². The molecule has 72 valence electrons. The van der Waals surface area contributed by atoms with Gasteiger partial charge in [0.25, 0.3) is 0 Å². The molecule has 0 aliphatic rings. The maximum absolute atomic E-state index is 8.84. The van der Waals surface area contributed by atoms with E-state index in [4.69, 9.17) is 10.00 Å². The van der Waals surface area contributed by atoms with Crippen molar-refractivity contribution in [3.05, 3.63) is 42.0 Å². The Morgan fingerprint density at radius 3 is 2.50 bits per heavy atom. The Bertz CT molecular complexity index is 350. The Hall–Kier alpha value is -1.59. The van der Waals surface area contributed by atoms with Crippen molar-refractivity contribution in [2.75, 3.05) is 7.11 Å². The van der Waals surface area contributed by atoms with Gasteiger partial charge in [0.1, 0.15) is 6.07 Å². The first-order chi connectivity index (χ1) is 6.70. The predicted molar refractivity (Wildman–Crippen MR) is 56.5 cm³/mol. The van der Waals surface area contributed by atoms with E-state index < -0.39 is 5.60 Å². The van der Waals surface area contributed by atoms with E-state index >= 15 is 0 Å². The van der Waals surface area contributed by atoms with Gasteiger partial charge in [0.05, 0.1) is 0 Å². The van der Waals surface area contributed by atoms with Gasteiger partial charge in [-0.05, 0) is 18.6 Å². The van der Waals surface area contributed by atoms with Crippen molar-refractivity contribution < 1.29 is 4.74 Å². The molecule has 0 amide bonds. The fourth-order valence-corrected chi connectivity index (χ4v) is 0.970. The number of ether oxygens (including phenoxy) is 1. The minimum atomic E-state index is -0.837. The number of rotatable bonds is 3. The second-order valence-electron chi connectivity index (χ2n) is 3.17. The molecule has 0 aliphatic carbocycles. The first-order valence-corrected chi connectivity index (χ1v) is 4.41. The van der Waals surface area contributed by atoms with Gasteiger partial charge in [-0.3, -0.25) is 0 Å². The largest absolute Gasteiger partial charge is 0.360 e. The highest BCUT2D eigenvalue weighted by atomic mass is 16.5. The summed E-state index contributed by atoms with van der Waals surface area (Å²) in [5.74, 6) is 0. The fourth-order valence-electron chi connectivity index (χ4n) is 0.970. The van der Waals surface area contributed by atoms with Crippen molar-refractivity contribution in [1.82, 2.24) is 0 Å². The second-order valence-corrected chi connectivity index (χ2v) is 3.17. The number of benzene rings is 1. The van der Waals surface area contributed by atoms with Gasteiger partial charge < -0.3 is 4.74 Å². The van der Waals surface area contributed by atoms with Crippen LogP contribution in [0.5, 0.6) is 0 Å². The molecule has 0 radical (unpaired) electrons. The summed E-state index contributed by atoms with van der Waals surface area (Å²) in [6.45, 7) is 1.73. The molecule has 2 nitrogen and oxygen atoms in total. The molecule has 0 saturated carbocycles. The number of nitrogens with zero attached hydrogens (tertiary/aromatic N) is 1. The topological polar surface area (TPSA) is 33.0 Å². The van der Waals surface area contributed by atoms with Crippen molar-refractivity contribution in [2.24, 2.45) is 0 Å². The Kier molecular flexibility index (Phi) is 3.44. The third-order valence-corrected chi connectivity index (χ3v) is 2.04. The van der Waals surface area contributed by atoms with E-state index in [2.05, 4.69) is 6.07 Å². The first-order valence-electron chi connectivity index (χ1n) is 4.41. The molecule has 0 saturated heterocycles. The van der Waals surface area contributed by atoms with Crippen molar-refractivity contribution >= 4 is 6.08 Å². The van der Waals surface area contributed by atoms with Crippen LogP contribution in [0.15, 0.2) is 36.4 Å². The predicted octanol–water partition coefficient (Wildman–Crippen LogP) is 2.63. The van der Waals surface area contributed by atoms with Crippen LogP contribution in [0.4, 0.5) is 0 Å². The molecule has 14 heavy (non-hydrogen) atoms. The van der Waals surface area contributed by atoms with Gasteiger partial charge in [0.2, 0.25) is 0 Å². The number of hydrogen-bond acceptors (Lipinski definition) is 2. The number of methoxy groups -OCH3 is 1. The molecular weight excluding hydrogens is 174 g/mol. The van der Waals surface area contributed by atoms with E-state index in [1.807, 2.05) is 36.4 Å². The van der Waals surface area contributed by atoms with Gasteiger partial charge in [-0.1, -0.05) is 36.4 Å². The molecule has 0 N–H and O–H groups in total. The zero-order valence-corrected chi connectivity index (χ0v) is 8.40. The minimum Gasteiger partial charge on any atom is -0.360 e. The fraction of sp³-hybridized carbons (Fsp3) is 0.250. The molecule has 1 aromatic rings. The summed E-state index contributed by atoms with van der Waals surface area (Å²) >= 11 is 0. The van der Waals surface area contributed by atoms with Crippen LogP contribution in [0, 0.1) is 11.3 Å². The van der Waals surface area contributed by atoms with Gasteiger partial charge in [-0.15, -0.1) is 0 Å². The summed E-state index contributed by atoms with van der Waals surface area (Å²) < 4.78 is 5.06. The maximum atomic E-state index is 8.84. The van der Waals surface area contributed by atoms with Gasteiger partial charge in [0, 0.05) is 7.11 Å². The third kappa shape index (κ3) is 2.72. The van der Waals surface area contributed by atoms with E-state index in [0.717, 1.165) is 5.56 Å². The van der Waals surface area contributed by atoms with Crippen LogP contribution in [0.3, 0.4) is 0 Å². The molecule has 0 aromatic heterocycles. The Labute approximate surface area is 84.4 Å². The van der Waals surface area contributed by atoms with Crippen LogP contribution in [0.1, 0.15) is 12.5 Å². The van der Waals surface area contributed by atoms with Crippen LogP contribution in [-0.2, 0) is 4.74 Å². The quantitative estimate of drug-likeness (QED) is 0.728. The molecule has 0 fully saturated rings. The molecule has 0 bridgehead atoms. The molecular formula is C12H13NO. The lowest BCUT2D eigenvalue weighted by Crippen LogP contribution is -2.20. The molecule has 2 heteroatoms. The van der Waals surface area contributed by atoms with Gasteiger partial charge in [-0.2, -0.15) is 5.26 Å². The summed E-state index contributed by atoms with van der Waals surface area (Å²) in [4.78, 5) is 0. The molecule has 0 heterocycles. The SMILES string of the molecule is COC(C)(C#N)C=Cc1ccccc1. The molecule has 0 spiro atoms. The second kappa shape index (κ2) is 4.59.